The largest absolute Gasteiger partial charge is 0.475 e. The van der Waals surface area contributed by atoms with Crippen LogP contribution in [0.1, 0.15) is 30.4 Å². The molecule has 0 spiro atoms. The molecule has 1 heterocycles. The number of nitrogens with one attached hydrogen (secondary N) is 1. The maximum Gasteiger partial charge on any atom is 0.372 e. The minimum Gasteiger partial charge on any atom is -0.475 e. The Morgan fingerprint density at radius 3 is 2.82 bits per heavy atom. The van der Waals surface area contributed by atoms with Crippen molar-refractivity contribution in [1.82, 2.24) is 9.55 Å². The summed E-state index contributed by atoms with van der Waals surface area (Å²) in [5, 5.41) is 11.4. The van der Waals surface area contributed by atoms with Crippen molar-refractivity contribution in [3.05, 3.63) is 12.0 Å². The fourth-order valence-corrected chi connectivity index (χ4v) is 1.32. The molecule has 7 nitrogen and oxygen atoms in total. The number of rotatable bonds is 6. The number of amides is 1. The summed E-state index contributed by atoms with van der Waals surface area (Å²) in [6.07, 6.45) is 2.52. The topological polar surface area (TPSA) is 93.5 Å². The van der Waals surface area contributed by atoms with E-state index in [1.165, 1.54) is 17.9 Å². The van der Waals surface area contributed by atoms with Crippen LogP contribution in [0, 0.1) is 0 Å². The number of aromatic carboxylic acids is 1. The summed E-state index contributed by atoms with van der Waals surface area (Å²) in [6, 6.07) is 0. The molecule has 1 rings (SSSR count). The van der Waals surface area contributed by atoms with E-state index >= 15 is 0 Å². The molecule has 0 fully saturated rings. The SMILES string of the molecule is CCCC(=O)Nc1cn(COC)c(C(=O)O)n1. The number of hydrogen-bond donors (Lipinski definition) is 2. The first-order valence-electron chi connectivity index (χ1n) is 5.17. The number of imidazole rings is 1. The highest BCUT2D eigenvalue weighted by Gasteiger charge is 2.15. The lowest BCUT2D eigenvalue weighted by Gasteiger charge is -2.01. The lowest BCUT2D eigenvalue weighted by atomic mass is 10.3. The molecule has 2 N–H and O–H groups in total. The van der Waals surface area contributed by atoms with Crippen LogP contribution in [0.3, 0.4) is 0 Å². The first-order chi connectivity index (χ1) is 8.08. The Hall–Kier alpha value is -1.89. The number of ether oxygens (including phenoxy) is 1. The van der Waals surface area contributed by atoms with Crippen LogP contribution in [-0.2, 0) is 16.3 Å². The van der Waals surface area contributed by atoms with E-state index in [1.54, 1.807) is 0 Å². The lowest BCUT2D eigenvalue weighted by molar-refractivity contribution is -0.116. The standard InChI is InChI=1S/C10H15N3O4/c1-3-4-8(14)11-7-5-13(6-17-2)9(12-7)10(15)16/h5H,3-4,6H2,1-2H3,(H,11,14)(H,15,16). The molecular formula is C10H15N3O4. The minimum atomic E-state index is -1.17. The molecule has 1 amide bonds. The molecule has 0 aliphatic rings. The van der Waals surface area contributed by atoms with E-state index in [0.717, 1.165) is 6.42 Å². The smallest absolute Gasteiger partial charge is 0.372 e. The third-order valence-electron chi connectivity index (χ3n) is 1.98. The van der Waals surface area contributed by atoms with Crippen molar-refractivity contribution in [2.24, 2.45) is 0 Å². The normalized spacial score (nSPS) is 10.2. The summed E-state index contributed by atoms with van der Waals surface area (Å²) in [6.45, 7) is 1.95. The molecule has 0 saturated carbocycles. The molecule has 94 valence electrons. The summed E-state index contributed by atoms with van der Waals surface area (Å²) in [5.41, 5.74) is 0. The second-order valence-corrected chi connectivity index (χ2v) is 3.44. The highest BCUT2D eigenvalue weighted by Crippen LogP contribution is 2.09. The van der Waals surface area contributed by atoms with E-state index in [0.29, 0.717) is 6.42 Å². The number of aromatic nitrogens is 2. The summed E-state index contributed by atoms with van der Waals surface area (Å²) in [4.78, 5) is 26.0. The fourth-order valence-electron chi connectivity index (χ4n) is 1.32. The number of carboxylic acid groups (broad SMARTS) is 1. The van der Waals surface area contributed by atoms with E-state index in [4.69, 9.17) is 9.84 Å². The van der Waals surface area contributed by atoms with Crippen molar-refractivity contribution in [3.63, 3.8) is 0 Å². The highest BCUT2D eigenvalue weighted by atomic mass is 16.5. The van der Waals surface area contributed by atoms with Gasteiger partial charge in [0.2, 0.25) is 11.7 Å². The molecule has 0 unspecified atom stereocenters. The molecule has 0 saturated heterocycles. The molecule has 0 atom stereocenters. The Labute approximate surface area is 98.4 Å². The van der Waals surface area contributed by atoms with Gasteiger partial charge in [-0.3, -0.25) is 9.36 Å². The van der Waals surface area contributed by atoms with E-state index in [2.05, 4.69) is 10.3 Å². The molecule has 17 heavy (non-hydrogen) atoms. The number of anilines is 1. The highest BCUT2D eigenvalue weighted by molar-refractivity contribution is 5.91. The third kappa shape index (κ3) is 3.56. The van der Waals surface area contributed by atoms with Gasteiger partial charge in [0.15, 0.2) is 5.82 Å². The average molecular weight is 241 g/mol. The van der Waals surface area contributed by atoms with Gasteiger partial charge in [-0.2, -0.15) is 0 Å². The number of carbonyl (C=O) groups is 2. The van der Waals surface area contributed by atoms with Crippen molar-refractivity contribution in [2.75, 3.05) is 12.4 Å². The third-order valence-corrected chi connectivity index (χ3v) is 1.98. The zero-order valence-corrected chi connectivity index (χ0v) is 9.77. The van der Waals surface area contributed by atoms with Crippen molar-refractivity contribution in [2.45, 2.75) is 26.5 Å². The van der Waals surface area contributed by atoms with Crippen LogP contribution in [0.25, 0.3) is 0 Å². The van der Waals surface area contributed by atoms with E-state index in [-0.39, 0.29) is 24.3 Å². The van der Waals surface area contributed by atoms with Crippen LogP contribution in [-0.4, -0.2) is 33.6 Å². The van der Waals surface area contributed by atoms with Gasteiger partial charge in [0.1, 0.15) is 6.73 Å². The zero-order chi connectivity index (χ0) is 12.8. The molecule has 0 bridgehead atoms. The molecule has 1 aromatic heterocycles. The van der Waals surface area contributed by atoms with Crippen LogP contribution >= 0.6 is 0 Å². The van der Waals surface area contributed by atoms with Crippen molar-refractivity contribution in [1.29, 1.82) is 0 Å². The minimum absolute atomic E-state index is 0.0677. The molecule has 0 aliphatic carbocycles. The van der Waals surface area contributed by atoms with Gasteiger partial charge in [-0.05, 0) is 6.42 Å². The summed E-state index contributed by atoms with van der Waals surface area (Å²) < 4.78 is 6.14. The van der Waals surface area contributed by atoms with Crippen LogP contribution in [0.5, 0.6) is 0 Å². The van der Waals surface area contributed by atoms with Gasteiger partial charge in [0.05, 0.1) is 6.20 Å². The van der Waals surface area contributed by atoms with Gasteiger partial charge in [-0.25, -0.2) is 9.78 Å². The van der Waals surface area contributed by atoms with Gasteiger partial charge in [0.25, 0.3) is 0 Å². The van der Waals surface area contributed by atoms with Gasteiger partial charge in [-0.15, -0.1) is 0 Å². The first kappa shape index (κ1) is 13.2. The number of carboxylic acids is 1. The van der Waals surface area contributed by atoms with Crippen molar-refractivity contribution < 1.29 is 19.4 Å². The fraction of sp³-hybridized carbons (Fsp3) is 0.500. The molecule has 0 aliphatic heterocycles. The molecule has 0 radical (unpaired) electrons. The van der Waals surface area contributed by atoms with Gasteiger partial charge in [0, 0.05) is 13.5 Å². The van der Waals surface area contributed by atoms with E-state index < -0.39 is 5.97 Å². The molecule has 7 heteroatoms. The predicted molar refractivity (Wildman–Crippen MR) is 59.7 cm³/mol. The number of methoxy groups -OCH3 is 1. The average Bonchev–Trinajstić information content (AvgIpc) is 2.62. The second-order valence-electron chi connectivity index (χ2n) is 3.44. The maximum absolute atomic E-state index is 11.3. The van der Waals surface area contributed by atoms with E-state index in [1.807, 2.05) is 6.92 Å². The van der Waals surface area contributed by atoms with Crippen LogP contribution in [0.4, 0.5) is 5.82 Å². The van der Waals surface area contributed by atoms with Crippen LogP contribution in [0.15, 0.2) is 6.20 Å². The zero-order valence-electron chi connectivity index (χ0n) is 9.77. The van der Waals surface area contributed by atoms with Gasteiger partial charge < -0.3 is 15.2 Å². The molecular weight excluding hydrogens is 226 g/mol. The number of carbonyl (C=O) groups excluding carboxylic acids is 1. The quantitative estimate of drug-likeness (QED) is 0.772. The van der Waals surface area contributed by atoms with Gasteiger partial charge in [-0.1, -0.05) is 6.92 Å². The Morgan fingerprint density at radius 1 is 1.59 bits per heavy atom. The second kappa shape index (κ2) is 6.00. The van der Waals surface area contributed by atoms with Crippen LogP contribution < -0.4 is 5.32 Å². The molecule has 0 aromatic carbocycles. The first-order valence-corrected chi connectivity index (χ1v) is 5.17. The van der Waals surface area contributed by atoms with Crippen molar-refractivity contribution >= 4 is 17.7 Å². The maximum atomic E-state index is 11.3. The van der Waals surface area contributed by atoms with Crippen LogP contribution in [0.2, 0.25) is 0 Å². The summed E-state index contributed by atoms with van der Waals surface area (Å²) in [7, 11) is 1.45. The Bertz CT molecular complexity index is 414. The molecule has 1 aromatic rings. The van der Waals surface area contributed by atoms with E-state index in [9.17, 15) is 9.59 Å². The number of nitrogens with zero attached hydrogens (tertiary/aromatic N) is 2. The monoisotopic (exact) mass is 241 g/mol. The summed E-state index contributed by atoms with van der Waals surface area (Å²) in [5.74, 6) is -1.30. The Morgan fingerprint density at radius 2 is 2.29 bits per heavy atom. The lowest BCUT2D eigenvalue weighted by Crippen LogP contribution is -2.11. The summed E-state index contributed by atoms with van der Waals surface area (Å²) >= 11 is 0. The number of hydrogen-bond acceptors (Lipinski definition) is 4. The Kier molecular flexibility index (Phi) is 4.65. The van der Waals surface area contributed by atoms with Gasteiger partial charge >= 0.3 is 5.97 Å². The Balaban J connectivity index is 2.84. The predicted octanol–water partition coefficient (Wildman–Crippen LogP) is 0.924. The van der Waals surface area contributed by atoms with Crippen molar-refractivity contribution in [3.8, 4) is 0 Å².